The van der Waals surface area contributed by atoms with Crippen LogP contribution >= 0.6 is 0 Å². The molecule has 8 heteroatoms. The molecule has 0 spiro atoms. The number of rotatable bonds is 5. The van der Waals surface area contributed by atoms with Crippen molar-refractivity contribution in [1.82, 2.24) is 0 Å². The van der Waals surface area contributed by atoms with Crippen LogP contribution < -0.4 is 14.4 Å². The second kappa shape index (κ2) is 8.16. The predicted molar refractivity (Wildman–Crippen MR) is 113 cm³/mol. The van der Waals surface area contributed by atoms with E-state index in [-0.39, 0.29) is 17.5 Å². The van der Waals surface area contributed by atoms with Gasteiger partial charge in [-0.25, -0.2) is 12.8 Å². The van der Waals surface area contributed by atoms with Crippen LogP contribution in [-0.2, 0) is 10.0 Å². The summed E-state index contributed by atoms with van der Waals surface area (Å²) in [7, 11) is -3.25. The van der Waals surface area contributed by atoms with Crippen LogP contribution in [-0.4, -0.2) is 26.6 Å². The Hall–Kier alpha value is -3.39. The standard InChI is InChI=1S/C22H19FN2O4S/c23-17-3-1-4-21(15-17)29-20-11-7-18(8-12-20)24-22(26)16-5-9-19(10-6-16)25-13-2-14-30(25,27)28/h1,3-12,15H,2,13-14H2,(H,24,26). The van der Waals surface area contributed by atoms with Crippen LogP contribution in [0.25, 0.3) is 0 Å². The topological polar surface area (TPSA) is 75.7 Å². The van der Waals surface area contributed by atoms with Crippen LogP contribution in [0.2, 0.25) is 0 Å². The van der Waals surface area contributed by atoms with Crippen LogP contribution in [0.4, 0.5) is 15.8 Å². The van der Waals surface area contributed by atoms with Gasteiger partial charge in [0.2, 0.25) is 10.0 Å². The SMILES string of the molecule is O=C(Nc1ccc(Oc2cccc(F)c2)cc1)c1ccc(N2CCCS2(=O)=O)cc1. The van der Waals surface area contributed by atoms with E-state index in [2.05, 4.69) is 5.32 Å². The Morgan fingerprint density at radius 2 is 1.70 bits per heavy atom. The summed E-state index contributed by atoms with van der Waals surface area (Å²) in [5.41, 5.74) is 1.54. The summed E-state index contributed by atoms with van der Waals surface area (Å²) >= 11 is 0. The Balaban J connectivity index is 1.40. The molecule has 0 saturated carbocycles. The summed E-state index contributed by atoms with van der Waals surface area (Å²) < 4.78 is 44.2. The zero-order chi connectivity index (χ0) is 21.1. The monoisotopic (exact) mass is 426 g/mol. The summed E-state index contributed by atoms with van der Waals surface area (Å²) in [5, 5.41) is 2.78. The minimum absolute atomic E-state index is 0.147. The van der Waals surface area contributed by atoms with Gasteiger partial charge in [-0.05, 0) is 67.1 Å². The first kappa shape index (κ1) is 19.9. The number of amides is 1. The molecule has 0 unspecified atom stereocenters. The van der Waals surface area contributed by atoms with Gasteiger partial charge in [0.15, 0.2) is 0 Å². The van der Waals surface area contributed by atoms with E-state index < -0.39 is 10.0 Å². The third-order valence-corrected chi connectivity index (χ3v) is 6.53. The number of benzene rings is 3. The number of carbonyl (C=O) groups is 1. The molecule has 0 atom stereocenters. The molecular weight excluding hydrogens is 407 g/mol. The van der Waals surface area contributed by atoms with Gasteiger partial charge in [0, 0.05) is 23.9 Å². The van der Waals surface area contributed by atoms with Crippen molar-refractivity contribution < 1.29 is 22.3 Å². The predicted octanol–water partition coefficient (Wildman–Crippen LogP) is 4.41. The van der Waals surface area contributed by atoms with Crippen LogP contribution in [0.15, 0.2) is 72.8 Å². The van der Waals surface area contributed by atoms with Gasteiger partial charge in [-0.3, -0.25) is 9.10 Å². The van der Waals surface area contributed by atoms with Crippen LogP contribution in [0.3, 0.4) is 0 Å². The van der Waals surface area contributed by atoms with Gasteiger partial charge in [-0.15, -0.1) is 0 Å². The van der Waals surface area contributed by atoms with Crippen molar-refractivity contribution in [2.45, 2.75) is 6.42 Å². The van der Waals surface area contributed by atoms with E-state index >= 15 is 0 Å². The molecule has 30 heavy (non-hydrogen) atoms. The van der Waals surface area contributed by atoms with Crippen LogP contribution in [0.1, 0.15) is 16.8 Å². The van der Waals surface area contributed by atoms with E-state index in [1.165, 1.54) is 16.4 Å². The molecule has 154 valence electrons. The lowest BCUT2D eigenvalue weighted by atomic mass is 10.2. The number of halogens is 1. The van der Waals surface area contributed by atoms with Crippen molar-refractivity contribution in [3.63, 3.8) is 0 Å². The number of carbonyl (C=O) groups excluding carboxylic acids is 1. The molecule has 1 aliphatic heterocycles. The lowest BCUT2D eigenvalue weighted by Crippen LogP contribution is -2.25. The first-order chi connectivity index (χ1) is 14.4. The zero-order valence-electron chi connectivity index (χ0n) is 15.9. The lowest BCUT2D eigenvalue weighted by molar-refractivity contribution is 0.102. The largest absolute Gasteiger partial charge is 0.457 e. The molecule has 3 aromatic carbocycles. The smallest absolute Gasteiger partial charge is 0.255 e. The summed E-state index contributed by atoms with van der Waals surface area (Å²) in [6.07, 6.45) is 0.601. The average molecular weight is 426 g/mol. The molecule has 1 fully saturated rings. The molecule has 0 bridgehead atoms. The van der Waals surface area contributed by atoms with Gasteiger partial charge < -0.3 is 10.1 Å². The second-order valence-electron chi connectivity index (χ2n) is 6.83. The fraction of sp³-hybridized carbons (Fsp3) is 0.136. The summed E-state index contributed by atoms with van der Waals surface area (Å²) in [4.78, 5) is 12.5. The highest BCUT2D eigenvalue weighted by molar-refractivity contribution is 7.93. The number of hydrogen-bond donors (Lipinski definition) is 1. The summed E-state index contributed by atoms with van der Waals surface area (Å²) in [5.74, 6) is 0.338. The number of hydrogen-bond acceptors (Lipinski definition) is 4. The quantitative estimate of drug-likeness (QED) is 0.656. The summed E-state index contributed by atoms with van der Waals surface area (Å²) in [6.45, 7) is 0.456. The minimum atomic E-state index is -3.25. The van der Waals surface area contributed by atoms with E-state index in [0.717, 1.165) is 0 Å². The maximum absolute atomic E-state index is 13.2. The molecule has 4 rings (SSSR count). The zero-order valence-corrected chi connectivity index (χ0v) is 16.7. The average Bonchev–Trinajstić information content (AvgIpc) is 3.08. The van der Waals surface area contributed by atoms with E-state index in [9.17, 15) is 17.6 Å². The lowest BCUT2D eigenvalue weighted by Gasteiger charge is -2.17. The normalized spacial score (nSPS) is 15.0. The molecule has 1 saturated heterocycles. The first-order valence-electron chi connectivity index (χ1n) is 9.36. The fourth-order valence-corrected chi connectivity index (χ4v) is 4.75. The molecule has 0 aromatic heterocycles. The van der Waals surface area contributed by atoms with Crippen molar-refractivity contribution in [2.24, 2.45) is 0 Å². The maximum atomic E-state index is 13.2. The highest BCUT2D eigenvalue weighted by Crippen LogP contribution is 2.26. The summed E-state index contributed by atoms with van der Waals surface area (Å²) in [6, 6.07) is 19.0. The molecule has 1 amide bonds. The van der Waals surface area contributed by atoms with Gasteiger partial charge in [-0.2, -0.15) is 0 Å². The molecule has 3 aromatic rings. The van der Waals surface area contributed by atoms with E-state index in [1.807, 2.05) is 0 Å². The maximum Gasteiger partial charge on any atom is 0.255 e. The van der Waals surface area contributed by atoms with Gasteiger partial charge >= 0.3 is 0 Å². The van der Waals surface area contributed by atoms with Gasteiger partial charge in [0.05, 0.1) is 11.4 Å². The number of nitrogens with one attached hydrogen (secondary N) is 1. The number of sulfonamides is 1. The number of anilines is 2. The van der Waals surface area contributed by atoms with Gasteiger partial charge in [0.25, 0.3) is 5.91 Å². The number of nitrogens with zero attached hydrogens (tertiary/aromatic N) is 1. The van der Waals surface area contributed by atoms with Crippen molar-refractivity contribution in [1.29, 1.82) is 0 Å². The van der Waals surface area contributed by atoms with Crippen molar-refractivity contribution in [2.75, 3.05) is 21.9 Å². The number of ether oxygens (including phenoxy) is 1. The van der Waals surface area contributed by atoms with Crippen LogP contribution in [0.5, 0.6) is 11.5 Å². The van der Waals surface area contributed by atoms with E-state index in [1.54, 1.807) is 60.7 Å². The Labute approximate surface area is 174 Å². The van der Waals surface area contributed by atoms with Gasteiger partial charge in [0.1, 0.15) is 17.3 Å². The fourth-order valence-electron chi connectivity index (χ4n) is 3.18. The molecular formula is C22H19FN2O4S. The Kier molecular flexibility index (Phi) is 5.41. The molecule has 0 aliphatic carbocycles. The first-order valence-corrected chi connectivity index (χ1v) is 11.0. The molecule has 1 aliphatic rings. The van der Waals surface area contributed by atoms with Crippen molar-refractivity contribution in [3.05, 3.63) is 84.2 Å². The van der Waals surface area contributed by atoms with Crippen LogP contribution in [0, 0.1) is 5.82 Å². The van der Waals surface area contributed by atoms with E-state index in [4.69, 9.17) is 4.74 Å². The molecule has 6 nitrogen and oxygen atoms in total. The highest BCUT2D eigenvalue weighted by atomic mass is 32.2. The third-order valence-electron chi connectivity index (χ3n) is 4.66. The second-order valence-corrected chi connectivity index (χ2v) is 8.84. The molecule has 0 radical (unpaired) electrons. The minimum Gasteiger partial charge on any atom is -0.457 e. The van der Waals surface area contributed by atoms with Gasteiger partial charge in [-0.1, -0.05) is 6.07 Å². The van der Waals surface area contributed by atoms with Crippen molar-refractivity contribution in [3.8, 4) is 11.5 Å². The van der Waals surface area contributed by atoms with Crippen molar-refractivity contribution >= 4 is 27.3 Å². The molecule has 1 N–H and O–H groups in total. The Bertz CT molecular complexity index is 1160. The highest BCUT2D eigenvalue weighted by Gasteiger charge is 2.28. The Morgan fingerprint density at radius 3 is 2.33 bits per heavy atom. The molecule has 1 heterocycles. The Morgan fingerprint density at radius 1 is 0.967 bits per heavy atom. The van der Waals surface area contributed by atoms with E-state index in [0.29, 0.717) is 41.4 Å². The third kappa shape index (κ3) is 4.44.